The zero-order chi connectivity index (χ0) is 6.85. The molecule has 1 aromatic heterocycles. The van der Waals surface area contributed by atoms with E-state index in [0.717, 1.165) is 3.82 Å². The molecule has 0 bridgehead atoms. The maximum atomic E-state index is 5.09. The van der Waals surface area contributed by atoms with Gasteiger partial charge in [-0.3, -0.25) is 0 Å². The van der Waals surface area contributed by atoms with Crippen molar-refractivity contribution in [1.29, 1.82) is 0 Å². The van der Waals surface area contributed by atoms with Crippen molar-refractivity contribution in [2.24, 2.45) is 0 Å². The Morgan fingerprint density at radius 1 is 1.56 bits per heavy atom. The first-order valence-corrected chi connectivity index (χ1v) is 5.41. The lowest BCUT2D eigenvalue weighted by atomic mass is 10.1. The van der Waals surface area contributed by atoms with Crippen molar-refractivity contribution in [2.75, 3.05) is 0 Å². The van der Waals surface area contributed by atoms with Crippen LogP contribution in [0.5, 0.6) is 0 Å². The molecule has 1 aromatic rings. The highest BCUT2D eigenvalue weighted by Gasteiger charge is 2.00. The summed E-state index contributed by atoms with van der Waals surface area (Å²) < 4.78 is 1.06. The van der Waals surface area contributed by atoms with Gasteiger partial charge in [0.25, 0.3) is 0 Å². The summed E-state index contributed by atoms with van der Waals surface area (Å²) in [6.07, 6.45) is 0. The van der Waals surface area contributed by atoms with E-state index in [9.17, 15) is 0 Å². The van der Waals surface area contributed by atoms with E-state index in [0.29, 0.717) is 5.92 Å². The SMILES string of the molecule is CC(C)c1cssc1=S. The molecule has 0 amide bonds. The average molecular weight is 176 g/mol. The Morgan fingerprint density at radius 3 is 2.44 bits per heavy atom. The van der Waals surface area contributed by atoms with Crippen LogP contribution in [0, 0.1) is 3.82 Å². The van der Waals surface area contributed by atoms with Crippen LogP contribution < -0.4 is 0 Å². The Kier molecular flexibility index (Phi) is 2.38. The van der Waals surface area contributed by atoms with Crippen LogP contribution in [0.25, 0.3) is 0 Å². The van der Waals surface area contributed by atoms with Crippen LogP contribution in [-0.2, 0) is 0 Å². The second-order valence-corrected chi connectivity index (χ2v) is 4.94. The van der Waals surface area contributed by atoms with E-state index in [-0.39, 0.29) is 0 Å². The molecule has 50 valence electrons. The summed E-state index contributed by atoms with van der Waals surface area (Å²) in [6, 6.07) is 0. The predicted octanol–water partition coefficient (Wildman–Crippen LogP) is 3.66. The van der Waals surface area contributed by atoms with E-state index >= 15 is 0 Å². The van der Waals surface area contributed by atoms with Crippen LogP contribution in [0.15, 0.2) is 5.38 Å². The normalized spacial score (nSPS) is 10.6. The smallest absolute Gasteiger partial charge is 0.0869 e. The van der Waals surface area contributed by atoms with Crippen LogP contribution in [0.4, 0.5) is 0 Å². The van der Waals surface area contributed by atoms with E-state index in [1.54, 1.807) is 20.7 Å². The molecule has 0 saturated carbocycles. The van der Waals surface area contributed by atoms with Crippen LogP contribution >= 0.6 is 32.9 Å². The molecule has 1 heterocycles. The number of rotatable bonds is 1. The topological polar surface area (TPSA) is 0 Å². The standard InChI is InChI=1S/C6H8S3/c1-4(2)5-3-8-9-6(5)7/h3-4H,1-2H3. The minimum Gasteiger partial charge on any atom is -0.0869 e. The highest BCUT2D eigenvalue weighted by molar-refractivity contribution is 7.79. The van der Waals surface area contributed by atoms with Crippen molar-refractivity contribution < 1.29 is 0 Å². The maximum absolute atomic E-state index is 5.09. The molecule has 0 radical (unpaired) electrons. The van der Waals surface area contributed by atoms with Gasteiger partial charge in [0.05, 0.1) is 0 Å². The van der Waals surface area contributed by atoms with E-state index in [1.165, 1.54) is 5.56 Å². The molecule has 0 atom stereocenters. The average Bonchev–Trinajstić information content (AvgIpc) is 2.13. The quantitative estimate of drug-likeness (QED) is 0.465. The first-order chi connectivity index (χ1) is 4.22. The zero-order valence-electron chi connectivity index (χ0n) is 5.38. The van der Waals surface area contributed by atoms with Crippen LogP contribution in [0.1, 0.15) is 25.3 Å². The van der Waals surface area contributed by atoms with E-state index in [4.69, 9.17) is 12.2 Å². The molecule has 0 spiro atoms. The predicted molar refractivity (Wildman–Crippen MR) is 47.1 cm³/mol. The van der Waals surface area contributed by atoms with Gasteiger partial charge in [0.1, 0.15) is 3.82 Å². The Labute approximate surface area is 67.6 Å². The van der Waals surface area contributed by atoms with Crippen molar-refractivity contribution in [3.05, 3.63) is 14.8 Å². The molecule has 0 saturated heterocycles. The molecular formula is C6H8S3. The molecule has 0 aliphatic rings. The zero-order valence-corrected chi connectivity index (χ0v) is 7.83. The summed E-state index contributed by atoms with van der Waals surface area (Å²) in [5.74, 6) is 0.597. The summed E-state index contributed by atoms with van der Waals surface area (Å²) in [7, 11) is 3.42. The fourth-order valence-electron chi connectivity index (χ4n) is 0.588. The molecular weight excluding hydrogens is 168 g/mol. The fraction of sp³-hybridized carbons (Fsp3) is 0.500. The Bertz CT molecular complexity index is 230. The van der Waals surface area contributed by atoms with E-state index < -0.39 is 0 Å². The van der Waals surface area contributed by atoms with Gasteiger partial charge < -0.3 is 0 Å². The van der Waals surface area contributed by atoms with Gasteiger partial charge in [-0.05, 0) is 11.5 Å². The summed E-state index contributed by atoms with van der Waals surface area (Å²) in [4.78, 5) is 0. The summed E-state index contributed by atoms with van der Waals surface area (Å²) >= 11 is 5.09. The number of hydrogen-bond donors (Lipinski definition) is 0. The van der Waals surface area contributed by atoms with Crippen LogP contribution in [-0.4, -0.2) is 0 Å². The Morgan fingerprint density at radius 2 is 2.22 bits per heavy atom. The third kappa shape index (κ3) is 1.60. The molecule has 3 heteroatoms. The van der Waals surface area contributed by atoms with Crippen molar-refractivity contribution in [3.8, 4) is 0 Å². The molecule has 0 aliphatic heterocycles. The molecule has 0 aliphatic carbocycles. The van der Waals surface area contributed by atoms with Gasteiger partial charge in [0, 0.05) is 5.38 Å². The first-order valence-electron chi connectivity index (χ1n) is 2.79. The molecule has 1 rings (SSSR count). The lowest BCUT2D eigenvalue weighted by Crippen LogP contribution is -1.81. The van der Waals surface area contributed by atoms with Crippen molar-refractivity contribution >= 4 is 32.9 Å². The van der Waals surface area contributed by atoms with Crippen molar-refractivity contribution in [3.63, 3.8) is 0 Å². The minimum atomic E-state index is 0.597. The third-order valence-corrected chi connectivity index (χ3v) is 3.87. The fourth-order valence-corrected chi connectivity index (χ4v) is 3.41. The molecule has 9 heavy (non-hydrogen) atoms. The highest BCUT2D eigenvalue weighted by atomic mass is 32.9. The molecule has 0 fully saturated rings. The van der Waals surface area contributed by atoms with Gasteiger partial charge in [0.2, 0.25) is 0 Å². The second kappa shape index (κ2) is 2.90. The third-order valence-electron chi connectivity index (χ3n) is 1.16. The Balaban J connectivity index is 3.08. The van der Waals surface area contributed by atoms with Gasteiger partial charge in [-0.15, -0.1) is 0 Å². The number of hydrogen-bond acceptors (Lipinski definition) is 3. The lowest BCUT2D eigenvalue weighted by Gasteiger charge is -1.96. The molecule has 0 unspecified atom stereocenters. The minimum absolute atomic E-state index is 0.597. The second-order valence-electron chi connectivity index (χ2n) is 2.19. The van der Waals surface area contributed by atoms with Gasteiger partial charge in [-0.2, -0.15) is 0 Å². The van der Waals surface area contributed by atoms with Crippen molar-refractivity contribution in [1.82, 2.24) is 0 Å². The summed E-state index contributed by atoms with van der Waals surface area (Å²) in [6.45, 7) is 4.34. The Hall–Kier alpha value is 0.270. The maximum Gasteiger partial charge on any atom is 0.105 e. The van der Waals surface area contributed by atoms with Gasteiger partial charge in [-0.1, -0.05) is 46.7 Å². The molecule has 0 N–H and O–H groups in total. The lowest BCUT2D eigenvalue weighted by molar-refractivity contribution is 0.871. The van der Waals surface area contributed by atoms with Crippen LogP contribution in [0.3, 0.4) is 0 Å². The monoisotopic (exact) mass is 176 g/mol. The summed E-state index contributed by atoms with van der Waals surface area (Å²) in [5.41, 5.74) is 1.33. The highest BCUT2D eigenvalue weighted by Crippen LogP contribution is 2.23. The van der Waals surface area contributed by atoms with E-state index in [1.807, 2.05) is 0 Å². The molecule has 0 nitrogen and oxygen atoms in total. The van der Waals surface area contributed by atoms with E-state index in [2.05, 4.69) is 19.2 Å². The van der Waals surface area contributed by atoms with Gasteiger partial charge >= 0.3 is 0 Å². The van der Waals surface area contributed by atoms with Crippen LogP contribution in [0.2, 0.25) is 0 Å². The van der Waals surface area contributed by atoms with Crippen molar-refractivity contribution in [2.45, 2.75) is 19.8 Å². The van der Waals surface area contributed by atoms with Gasteiger partial charge in [0.15, 0.2) is 0 Å². The molecule has 0 aromatic carbocycles. The van der Waals surface area contributed by atoms with Gasteiger partial charge in [-0.25, -0.2) is 0 Å². The first kappa shape index (κ1) is 7.38. The summed E-state index contributed by atoms with van der Waals surface area (Å²) in [5, 5.41) is 2.15. The largest absolute Gasteiger partial charge is 0.105 e.